The zero-order chi connectivity index (χ0) is 21.2. The topological polar surface area (TPSA) is 75.7 Å². The van der Waals surface area contributed by atoms with Gasteiger partial charge in [0.05, 0.1) is 19.1 Å². The maximum atomic E-state index is 13.9. The first-order valence-electron chi connectivity index (χ1n) is 9.42. The lowest BCUT2D eigenvalue weighted by Gasteiger charge is -2.31. The molecule has 29 heavy (non-hydrogen) atoms. The lowest BCUT2D eigenvalue weighted by atomic mass is 9.98. The van der Waals surface area contributed by atoms with E-state index in [-0.39, 0.29) is 18.2 Å². The van der Waals surface area contributed by atoms with Gasteiger partial charge in [-0.1, -0.05) is 6.07 Å². The van der Waals surface area contributed by atoms with Crippen molar-refractivity contribution in [3.63, 3.8) is 0 Å². The smallest absolute Gasteiger partial charge is 0.252 e. The number of hydrogen-bond acceptors (Lipinski definition) is 5. The van der Waals surface area contributed by atoms with Gasteiger partial charge < -0.3 is 10.1 Å². The number of hydrogen-bond donors (Lipinski definition) is 1. The van der Waals surface area contributed by atoms with Gasteiger partial charge >= 0.3 is 0 Å². The van der Waals surface area contributed by atoms with Crippen molar-refractivity contribution in [2.75, 3.05) is 20.2 Å². The molecule has 1 aromatic heterocycles. The van der Waals surface area contributed by atoms with Crippen LogP contribution in [0.5, 0.6) is 5.75 Å². The summed E-state index contributed by atoms with van der Waals surface area (Å²) in [5, 5.41) is 2.88. The first-order chi connectivity index (χ1) is 13.7. The van der Waals surface area contributed by atoms with E-state index >= 15 is 0 Å². The van der Waals surface area contributed by atoms with E-state index in [2.05, 4.69) is 5.32 Å². The third-order valence-corrected chi connectivity index (χ3v) is 8.43. The van der Waals surface area contributed by atoms with Crippen molar-refractivity contribution in [1.29, 1.82) is 0 Å². The molecule has 2 atom stereocenters. The molecule has 1 amide bonds. The molecule has 2 unspecified atom stereocenters. The molecule has 1 fully saturated rings. The highest BCUT2D eigenvalue weighted by atomic mass is 32.2. The van der Waals surface area contributed by atoms with Crippen LogP contribution >= 0.6 is 11.3 Å². The van der Waals surface area contributed by atoms with Crippen molar-refractivity contribution in [3.05, 3.63) is 46.6 Å². The Bertz CT molecular complexity index is 990. The number of amides is 1. The second-order valence-electron chi connectivity index (χ2n) is 7.19. The summed E-state index contributed by atoms with van der Waals surface area (Å²) >= 11 is 1.23. The number of piperidine rings is 1. The van der Waals surface area contributed by atoms with Crippen LogP contribution < -0.4 is 10.1 Å². The number of halogens is 1. The quantitative estimate of drug-likeness (QED) is 0.746. The number of sulfonamides is 1. The summed E-state index contributed by atoms with van der Waals surface area (Å²) in [6.45, 7) is 4.18. The van der Waals surface area contributed by atoms with Crippen molar-refractivity contribution in [2.24, 2.45) is 5.92 Å². The molecule has 9 heteroatoms. The van der Waals surface area contributed by atoms with Crippen molar-refractivity contribution in [1.82, 2.24) is 9.62 Å². The third kappa shape index (κ3) is 4.79. The molecule has 2 heterocycles. The molecule has 1 N–H and O–H groups in total. The number of ether oxygens (including phenoxy) is 1. The minimum atomic E-state index is -3.59. The van der Waals surface area contributed by atoms with Crippen molar-refractivity contribution < 1.29 is 22.3 Å². The summed E-state index contributed by atoms with van der Waals surface area (Å²) in [6, 6.07) is 7.53. The first-order valence-corrected chi connectivity index (χ1v) is 11.7. The molecule has 0 spiro atoms. The number of carbonyl (C=O) groups excluding carboxylic acids is 1. The summed E-state index contributed by atoms with van der Waals surface area (Å²) in [4.78, 5) is 13.7. The molecular formula is C20H25FN2O4S2. The van der Waals surface area contributed by atoms with E-state index in [1.165, 1.54) is 34.9 Å². The van der Waals surface area contributed by atoms with Gasteiger partial charge in [-0.3, -0.25) is 4.79 Å². The fraction of sp³-hybridized carbons (Fsp3) is 0.450. The van der Waals surface area contributed by atoms with Crippen molar-refractivity contribution in [3.8, 4) is 5.75 Å². The standard InChI is InChI=1S/C20H25FN2O4S2/c1-13-6-9-19(28-13)29(25,26)23-10-4-5-16(12-23)20(24)22-14(2)15-7-8-18(27-3)17(21)11-15/h6-9,11,14,16H,4-5,10,12H2,1-3H3,(H,22,24). The summed E-state index contributed by atoms with van der Waals surface area (Å²) < 4.78 is 46.3. The molecule has 1 aromatic carbocycles. The highest BCUT2D eigenvalue weighted by Gasteiger charge is 2.34. The van der Waals surface area contributed by atoms with Gasteiger partial charge in [-0.05, 0) is 56.5 Å². The Kier molecular flexibility index (Phi) is 6.60. The molecule has 3 rings (SSSR count). The molecule has 0 aliphatic carbocycles. The number of carbonyl (C=O) groups is 1. The van der Waals surface area contributed by atoms with Crippen LogP contribution in [0.15, 0.2) is 34.5 Å². The van der Waals surface area contributed by atoms with Gasteiger partial charge in [0.25, 0.3) is 10.0 Å². The molecule has 0 bridgehead atoms. The molecular weight excluding hydrogens is 415 g/mol. The summed E-state index contributed by atoms with van der Waals surface area (Å²) in [7, 11) is -2.20. The van der Waals surface area contributed by atoms with Crippen LogP contribution in [0.1, 0.15) is 36.2 Å². The lowest BCUT2D eigenvalue weighted by Crippen LogP contribution is -2.45. The first kappa shape index (κ1) is 21.7. The predicted molar refractivity (Wildman–Crippen MR) is 110 cm³/mol. The Morgan fingerprint density at radius 1 is 1.34 bits per heavy atom. The van der Waals surface area contributed by atoms with E-state index in [4.69, 9.17) is 4.74 Å². The van der Waals surface area contributed by atoms with Crippen LogP contribution in [0.4, 0.5) is 4.39 Å². The van der Waals surface area contributed by atoms with Crippen molar-refractivity contribution >= 4 is 27.3 Å². The van der Waals surface area contributed by atoms with Crippen LogP contribution in [0.2, 0.25) is 0 Å². The Balaban J connectivity index is 1.67. The summed E-state index contributed by atoms with van der Waals surface area (Å²) in [5.41, 5.74) is 0.617. The monoisotopic (exact) mass is 440 g/mol. The molecule has 6 nitrogen and oxygen atoms in total. The fourth-order valence-electron chi connectivity index (χ4n) is 3.42. The minimum Gasteiger partial charge on any atom is -0.494 e. The van der Waals surface area contributed by atoms with Gasteiger partial charge in [0.1, 0.15) is 4.21 Å². The van der Waals surface area contributed by atoms with Gasteiger partial charge in [0, 0.05) is 18.0 Å². The zero-order valence-corrected chi connectivity index (χ0v) is 18.3. The second-order valence-corrected chi connectivity index (χ2v) is 10.6. The van der Waals surface area contributed by atoms with E-state index in [0.717, 1.165) is 4.88 Å². The largest absolute Gasteiger partial charge is 0.494 e. The summed E-state index contributed by atoms with van der Waals surface area (Å²) in [6.07, 6.45) is 1.23. The fourth-order valence-corrected chi connectivity index (χ4v) is 6.38. The number of rotatable bonds is 6. The van der Waals surface area contributed by atoms with Crippen LogP contribution in [-0.4, -0.2) is 38.8 Å². The average Bonchev–Trinajstić information content (AvgIpc) is 3.15. The van der Waals surface area contributed by atoms with Gasteiger partial charge in [-0.15, -0.1) is 11.3 Å². The van der Waals surface area contributed by atoms with Crippen LogP contribution in [0.25, 0.3) is 0 Å². The van der Waals surface area contributed by atoms with Gasteiger partial charge in [0.15, 0.2) is 11.6 Å². The second kappa shape index (κ2) is 8.81. The van der Waals surface area contributed by atoms with E-state index in [9.17, 15) is 17.6 Å². The molecule has 0 saturated carbocycles. The predicted octanol–water partition coefficient (Wildman–Crippen LogP) is 3.48. The van der Waals surface area contributed by atoms with Crippen LogP contribution in [0.3, 0.4) is 0 Å². The minimum absolute atomic E-state index is 0.143. The highest BCUT2D eigenvalue weighted by Crippen LogP contribution is 2.29. The highest BCUT2D eigenvalue weighted by molar-refractivity contribution is 7.91. The maximum absolute atomic E-state index is 13.9. The Morgan fingerprint density at radius 2 is 2.10 bits per heavy atom. The Labute approximate surface area is 174 Å². The van der Waals surface area contributed by atoms with E-state index < -0.39 is 27.8 Å². The maximum Gasteiger partial charge on any atom is 0.252 e. The van der Waals surface area contributed by atoms with E-state index in [1.54, 1.807) is 25.1 Å². The van der Waals surface area contributed by atoms with Gasteiger partial charge in [0.2, 0.25) is 5.91 Å². The van der Waals surface area contributed by atoms with E-state index in [0.29, 0.717) is 29.2 Å². The van der Waals surface area contributed by atoms with Gasteiger partial charge in [-0.2, -0.15) is 4.31 Å². The number of nitrogens with one attached hydrogen (secondary N) is 1. The number of benzene rings is 1. The third-order valence-electron chi connectivity index (χ3n) is 5.10. The van der Waals surface area contributed by atoms with Crippen LogP contribution in [-0.2, 0) is 14.8 Å². The molecule has 0 radical (unpaired) electrons. The molecule has 2 aromatic rings. The Morgan fingerprint density at radius 3 is 2.72 bits per heavy atom. The van der Waals surface area contributed by atoms with Crippen molar-refractivity contribution in [2.45, 2.75) is 36.9 Å². The molecule has 1 saturated heterocycles. The molecule has 1 aliphatic rings. The van der Waals surface area contributed by atoms with Gasteiger partial charge in [-0.25, -0.2) is 12.8 Å². The number of nitrogens with zero attached hydrogens (tertiary/aromatic N) is 1. The lowest BCUT2D eigenvalue weighted by molar-refractivity contribution is -0.126. The van der Waals surface area contributed by atoms with Crippen LogP contribution in [0, 0.1) is 18.7 Å². The number of aryl methyl sites for hydroxylation is 1. The Hall–Kier alpha value is -1.97. The number of thiophene rings is 1. The normalized spacial score (nSPS) is 19.0. The number of methoxy groups -OCH3 is 1. The van der Waals surface area contributed by atoms with E-state index in [1.807, 2.05) is 6.92 Å². The zero-order valence-electron chi connectivity index (χ0n) is 16.6. The SMILES string of the molecule is COc1ccc(C(C)NC(=O)C2CCCN(S(=O)(=O)c3ccc(C)s3)C2)cc1F. The molecule has 1 aliphatic heterocycles. The average molecular weight is 441 g/mol. The summed E-state index contributed by atoms with van der Waals surface area (Å²) in [5.74, 6) is -1.02. The molecule has 158 valence electrons.